The standard InChI is InChI=1S/C20H29N3O3S/c1-19(2,3)22-17(24)10-23-9-15-14(16-4-6-20(15,12-23)26-16)8-21-18(25)13-5-7-27-11-13/h5,7,11,14-16H,4,6,8-10,12H2,1-3H3,(H,21,25)(H,22,24)/t14-,15+,16+,20+/m0/s1. The second-order valence-corrected chi connectivity index (χ2v) is 10.00. The molecule has 2 N–H and O–H groups in total. The number of hydrogen-bond acceptors (Lipinski definition) is 5. The van der Waals surface area contributed by atoms with Gasteiger partial charge in [0.1, 0.15) is 0 Å². The van der Waals surface area contributed by atoms with Gasteiger partial charge in [-0.2, -0.15) is 11.3 Å². The van der Waals surface area contributed by atoms with Crippen LogP contribution in [0.4, 0.5) is 0 Å². The number of amides is 2. The summed E-state index contributed by atoms with van der Waals surface area (Å²) in [4.78, 5) is 26.8. The molecule has 3 aliphatic rings. The number of fused-ring (bicyclic) bond motifs is 1. The monoisotopic (exact) mass is 391 g/mol. The van der Waals surface area contributed by atoms with Gasteiger partial charge in [0.05, 0.1) is 18.2 Å². The van der Waals surface area contributed by atoms with E-state index in [1.807, 2.05) is 37.6 Å². The lowest BCUT2D eigenvalue weighted by molar-refractivity contribution is -0.123. The van der Waals surface area contributed by atoms with Gasteiger partial charge in [0.25, 0.3) is 5.91 Å². The number of nitrogens with one attached hydrogen (secondary N) is 2. The minimum atomic E-state index is -0.214. The third-order valence-corrected chi connectivity index (χ3v) is 6.70. The van der Waals surface area contributed by atoms with E-state index in [9.17, 15) is 9.59 Å². The molecule has 0 saturated carbocycles. The van der Waals surface area contributed by atoms with Crippen LogP contribution in [-0.4, -0.2) is 60.1 Å². The molecule has 0 unspecified atom stereocenters. The molecule has 3 aliphatic heterocycles. The number of carbonyl (C=O) groups excluding carboxylic acids is 2. The lowest BCUT2D eigenvalue weighted by atomic mass is 9.73. The predicted molar refractivity (Wildman–Crippen MR) is 105 cm³/mol. The fraction of sp³-hybridized carbons (Fsp3) is 0.700. The van der Waals surface area contributed by atoms with Crippen molar-refractivity contribution >= 4 is 23.2 Å². The third kappa shape index (κ3) is 3.77. The van der Waals surface area contributed by atoms with Crippen LogP contribution in [0.2, 0.25) is 0 Å². The molecular formula is C20H29N3O3S. The Morgan fingerprint density at radius 2 is 2.22 bits per heavy atom. The van der Waals surface area contributed by atoms with E-state index in [4.69, 9.17) is 4.74 Å². The van der Waals surface area contributed by atoms with Gasteiger partial charge in [0.2, 0.25) is 5.91 Å². The second-order valence-electron chi connectivity index (χ2n) is 9.22. The minimum Gasteiger partial charge on any atom is -0.370 e. The Kier molecular flexibility index (Phi) is 4.81. The van der Waals surface area contributed by atoms with Crippen molar-refractivity contribution in [3.8, 4) is 0 Å². The summed E-state index contributed by atoms with van der Waals surface area (Å²) >= 11 is 1.53. The van der Waals surface area contributed by atoms with E-state index in [0.29, 0.717) is 24.9 Å². The van der Waals surface area contributed by atoms with E-state index in [2.05, 4.69) is 15.5 Å². The van der Waals surface area contributed by atoms with Crippen LogP contribution in [0, 0.1) is 11.8 Å². The number of nitrogens with zero attached hydrogens (tertiary/aromatic N) is 1. The van der Waals surface area contributed by atoms with Gasteiger partial charge < -0.3 is 15.4 Å². The van der Waals surface area contributed by atoms with Crippen LogP contribution >= 0.6 is 11.3 Å². The first-order valence-electron chi connectivity index (χ1n) is 9.77. The molecule has 4 rings (SSSR count). The zero-order valence-corrected chi connectivity index (χ0v) is 17.1. The maximum absolute atomic E-state index is 12.3. The van der Waals surface area contributed by atoms with Crippen LogP contribution < -0.4 is 10.6 Å². The predicted octanol–water partition coefficient (Wildman–Crippen LogP) is 1.87. The highest BCUT2D eigenvalue weighted by atomic mass is 32.1. The van der Waals surface area contributed by atoms with Crippen LogP contribution in [0.15, 0.2) is 16.8 Å². The summed E-state index contributed by atoms with van der Waals surface area (Å²) in [5.74, 6) is 0.779. The summed E-state index contributed by atoms with van der Waals surface area (Å²) < 4.78 is 6.41. The van der Waals surface area contributed by atoms with Crippen LogP contribution in [0.5, 0.6) is 0 Å². The smallest absolute Gasteiger partial charge is 0.252 e. The summed E-state index contributed by atoms with van der Waals surface area (Å²) in [7, 11) is 0. The summed E-state index contributed by atoms with van der Waals surface area (Å²) in [6, 6.07) is 1.85. The molecule has 1 aromatic heterocycles. The van der Waals surface area contributed by atoms with Gasteiger partial charge in [-0.3, -0.25) is 14.5 Å². The zero-order chi connectivity index (χ0) is 19.2. The van der Waals surface area contributed by atoms with Crippen LogP contribution in [0.1, 0.15) is 44.0 Å². The van der Waals surface area contributed by atoms with Crippen molar-refractivity contribution in [1.82, 2.24) is 15.5 Å². The van der Waals surface area contributed by atoms with E-state index in [0.717, 1.165) is 31.5 Å². The van der Waals surface area contributed by atoms with Gasteiger partial charge in [-0.05, 0) is 45.1 Å². The van der Waals surface area contributed by atoms with Crippen LogP contribution in [0.25, 0.3) is 0 Å². The highest BCUT2D eigenvalue weighted by molar-refractivity contribution is 7.08. The van der Waals surface area contributed by atoms with Gasteiger partial charge in [0.15, 0.2) is 0 Å². The average Bonchev–Trinajstić information content (AvgIpc) is 3.31. The van der Waals surface area contributed by atoms with Gasteiger partial charge in [-0.25, -0.2) is 0 Å². The van der Waals surface area contributed by atoms with E-state index in [1.165, 1.54) is 11.3 Å². The molecule has 2 amide bonds. The highest BCUT2D eigenvalue weighted by Crippen LogP contribution is 2.54. The van der Waals surface area contributed by atoms with Crippen molar-refractivity contribution in [2.45, 2.75) is 50.9 Å². The number of thiophene rings is 1. The molecule has 0 aliphatic carbocycles. The molecule has 1 aromatic rings. The lowest BCUT2D eigenvalue weighted by Gasteiger charge is -2.29. The van der Waals surface area contributed by atoms with E-state index in [1.54, 1.807) is 0 Å². The first kappa shape index (κ1) is 18.9. The SMILES string of the molecule is CC(C)(C)NC(=O)CN1C[C@@H]2[C@H](CNC(=O)c3ccsc3)[C@H]3CC[C@]2(C1)O3. The quantitative estimate of drug-likeness (QED) is 0.804. The second kappa shape index (κ2) is 6.87. The minimum absolute atomic E-state index is 0.00696. The number of hydrogen-bond donors (Lipinski definition) is 2. The van der Waals surface area contributed by atoms with Crippen molar-refractivity contribution in [1.29, 1.82) is 0 Å². The Morgan fingerprint density at radius 3 is 2.93 bits per heavy atom. The lowest BCUT2D eigenvalue weighted by Crippen LogP contribution is -2.46. The molecule has 4 atom stereocenters. The topological polar surface area (TPSA) is 70.7 Å². The number of carbonyl (C=O) groups is 2. The van der Waals surface area contributed by atoms with Gasteiger partial charge in [0, 0.05) is 48.0 Å². The average molecular weight is 392 g/mol. The molecule has 7 heteroatoms. The molecule has 6 nitrogen and oxygen atoms in total. The van der Waals surface area contributed by atoms with E-state index < -0.39 is 0 Å². The molecule has 0 aromatic carbocycles. The molecule has 2 bridgehead atoms. The van der Waals surface area contributed by atoms with Gasteiger partial charge >= 0.3 is 0 Å². The Balaban J connectivity index is 1.36. The van der Waals surface area contributed by atoms with Crippen molar-refractivity contribution in [2.24, 2.45) is 11.8 Å². The van der Waals surface area contributed by atoms with Gasteiger partial charge in [-0.1, -0.05) is 0 Å². The molecule has 27 heavy (non-hydrogen) atoms. The maximum atomic E-state index is 12.3. The summed E-state index contributed by atoms with van der Waals surface area (Å²) in [5, 5.41) is 9.93. The van der Waals surface area contributed by atoms with Gasteiger partial charge in [-0.15, -0.1) is 0 Å². The normalized spacial score (nSPS) is 32.5. The Morgan fingerprint density at radius 1 is 1.41 bits per heavy atom. The first-order valence-corrected chi connectivity index (χ1v) is 10.7. The highest BCUT2D eigenvalue weighted by Gasteiger charge is 2.62. The van der Waals surface area contributed by atoms with Crippen molar-refractivity contribution < 1.29 is 14.3 Å². The molecule has 1 spiro atoms. The fourth-order valence-electron chi connectivity index (χ4n) is 5.05. The fourth-order valence-corrected chi connectivity index (χ4v) is 5.68. The Hall–Kier alpha value is -1.44. The molecule has 0 radical (unpaired) electrons. The molecule has 148 valence electrons. The first-order chi connectivity index (χ1) is 12.8. The Labute approximate surface area is 164 Å². The Bertz CT molecular complexity index is 715. The van der Waals surface area contributed by atoms with Crippen LogP contribution in [0.3, 0.4) is 0 Å². The van der Waals surface area contributed by atoms with Crippen LogP contribution in [-0.2, 0) is 9.53 Å². The van der Waals surface area contributed by atoms with E-state index >= 15 is 0 Å². The number of ether oxygens (including phenoxy) is 1. The summed E-state index contributed by atoms with van der Waals surface area (Å²) in [6.07, 6.45) is 2.36. The summed E-state index contributed by atoms with van der Waals surface area (Å²) in [6.45, 7) is 8.75. The molecule has 4 heterocycles. The molecular weight excluding hydrogens is 362 g/mol. The third-order valence-electron chi connectivity index (χ3n) is 6.02. The van der Waals surface area contributed by atoms with Crippen molar-refractivity contribution in [2.75, 3.05) is 26.2 Å². The van der Waals surface area contributed by atoms with Crippen molar-refractivity contribution in [3.63, 3.8) is 0 Å². The van der Waals surface area contributed by atoms with Crippen molar-refractivity contribution in [3.05, 3.63) is 22.4 Å². The molecule has 3 fully saturated rings. The van der Waals surface area contributed by atoms with E-state index in [-0.39, 0.29) is 29.1 Å². The number of rotatable bonds is 5. The maximum Gasteiger partial charge on any atom is 0.252 e. The molecule has 3 saturated heterocycles. The number of likely N-dealkylation sites (tertiary alicyclic amines) is 1. The largest absolute Gasteiger partial charge is 0.370 e. The summed E-state index contributed by atoms with van der Waals surface area (Å²) in [5.41, 5.74) is 0.393. The zero-order valence-electron chi connectivity index (χ0n) is 16.3.